The first-order chi connectivity index (χ1) is 28.8. The van der Waals surface area contributed by atoms with Crippen LogP contribution >= 0.6 is 0 Å². The summed E-state index contributed by atoms with van der Waals surface area (Å²) < 4.78 is 0. The fraction of sp³-hybridized carbons (Fsp3) is 0.107. The molecule has 0 saturated carbocycles. The van der Waals surface area contributed by atoms with Gasteiger partial charge in [0.2, 0.25) is 0 Å². The minimum Gasteiger partial charge on any atom is -0.341 e. The van der Waals surface area contributed by atoms with Crippen LogP contribution in [0.1, 0.15) is 24.0 Å². The number of aryl methyl sites for hydroxylation is 2. The van der Waals surface area contributed by atoms with E-state index in [9.17, 15) is 0 Å². The van der Waals surface area contributed by atoms with Crippen molar-refractivity contribution in [1.82, 2.24) is 0 Å². The maximum Gasteiger partial charge on any atom is 0.0443 e. The Morgan fingerprint density at radius 1 is 0.293 bits per heavy atom. The van der Waals surface area contributed by atoms with Crippen molar-refractivity contribution in [2.75, 3.05) is 22.9 Å². The normalized spacial score (nSPS) is 13.7. The third-order valence-electron chi connectivity index (χ3n) is 12.4. The van der Waals surface area contributed by atoms with Crippen molar-refractivity contribution >= 4 is 44.3 Å². The third kappa shape index (κ3) is 6.04. The largest absolute Gasteiger partial charge is 0.341 e. The molecule has 278 valence electrons. The summed E-state index contributed by atoms with van der Waals surface area (Å²) in [7, 11) is 0. The third-order valence-corrected chi connectivity index (χ3v) is 12.4. The summed E-state index contributed by atoms with van der Waals surface area (Å²) in [4.78, 5) is 5.08. The van der Waals surface area contributed by atoms with Gasteiger partial charge in [-0.15, -0.1) is 0 Å². The molecule has 0 atom stereocenters. The minimum absolute atomic E-state index is 0.999. The Balaban J connectivity index is 1.24. The molecule has 0 radical (unpaired) electrons. The SMILES string of the molecule is c1ccc(-c2cc(-c3ccccc3)cc(-c3c4ccc(N5CCCc6ccccc65)cc4c(-c4ccccc4)c4ccc(N5CCCc6ccccc65)cc34)c2)cc1. The minimum atomic E-state index is 0.999. The molecule has 58 heavy (non-hydrogen) atoms. The average Bonchev–Trinajstić information content (AvgIpc) is 3.30. The quantitative estimate of drug-likeness (QED) is 0.156. The molecule has 0 saturated heterocycles. The van der Waals surface area contributed by atoms with Crippen LogP contribution in [0.5, 0.6) is 0 Å². The van der Waals surface area contributed by atoms with Gasteiger partial charge in [0.1, 0.15) is 0 Å². The summed E-state index contributed by atoms with van der Waals surface area (Å²) in [6.45, 7) is 2.00. The monoisotopic (exact) mass is 744 g/mol. The molecule has 0 amide bonds. The van der Waals surface area contributed by atoms with Crippen molar-refractivity contribution < 1.29 is 0 Å². The van der Waals surface area contributed by atoms with E-state index < -0.39 is 0 Å². The van der Waals surface area contributed by atoms with E-state index in [1.807, 2.05) is 0 Å². The maximum absolute atomic E-state index is 2.54. The van der Waals surface area contributed by atoms with Gasteiger partial charge in [0.15, 0.2) is 0 Å². The van der Waals surface area contributed by atoms with E-state index in [1.54, 1.807) is 0 Å². The van der Waals surface area contributed by atoms with Gasteiger partial charge in [0, 0.05) is 35.8 Å². The van der Waals surface area contributed by atoms with Crippen molar-refractivity contribution in [2.45, 2.75) is 25.7 Å². The second-order valence-corrected chi connectivity index (χ2v) is 15.9. The van der Waals surface area contributed by atoms with Crippen molar-refractivity contribution in [2.24, 2.45) is 0 Å². The van der Waals surface area contributed by atoms with Gasteiger partial charge in [-0.05, 0) is 157 Å². The first-order valence-electron chi connectivity index (χ1n) is 20.8. The van der Waals surface area contributed by atoms with E-state index in [2.05, 4.69) is 204 Å². The van der Waals surface area contributed by atoms with Crippen molar-refractivity contribution in [1.29, 1.82) is 0 Å². The summed E-state index contributed by atoms with van der Waals surface area (Å²) in [6.07, 6.45) is 4.51. The number of hydrogen-bond donors (Lipinski definition) is 0. The van der Waals surface area contributed by atoms with Crippen LogP contribution in [0, 0.1) is 0 Å². The molecule has 2 aliphatic rings. The molecule has 9 aromatic rings. The molecule has 2 heterocycles. The van der Waals surface area contributed by atoms with E-state index in [1.165, 1.54) is 99.9 Å². The van der Waals surface area contributed by atoms with Gasteiger partial charge in [0.05, 0.1) is 0 Å². The number of rotatable bonds is 6. The Bertz CT molecular complexity index is 2890. The van der Waals surface area contributed by atoms with Crippen molar-refractivity contribution in [3.8, 4) is 44.5 Å². The lowest BCUT2D eigenvalue weighted by molar-refractivity contribution is 0.767. The van der Waals surface area contributed by atoms with Crippen molar-refractivity contribution in [3.63, 3.8) is 0 Å². The van der Waals surface area contributed by atoms with Crippen LogP contribution in [0.3, 0.4) is 0 Å². The predicted octanol–water partition coefficient (Wildman–Crippen LogP) is 14.8. The van der Waals surface area contributed by atoms with Crippen LogP contribution in [0.2, 0.25) is 0 Å². The van der Waals surface area contributed by atoms with E-state index >= 15 is 0 Å². The highest BCUT2D eigenvalue weighted by molar-refractivity contribution is 6.22. The van der Waals surface area contributed by atoms with Gasteiger partial charge in [0.25, 0.3) is 0 Å². The van der Waals surface area contributed by atoms with Gasteiger partial charge >= 0.3 is 0 Å². The first kappa shape index (κ1) is 34.4. The molecule has 0 bridgehead atoms. The Kier molecular flexibility index (Phi) is 8.62. The molecular weight excluding hydrogens is 701 g/mol. The highest BCUT2D eigenvalue weighted by atomic mass is 15.1. The van der Waals surface area contributed by atoms with Crippen LogP contribution < -0.4 is 9.80 Å². The molecule has 0 spiro atoms. The number of para-hydroxylation sites is 2. The zero-order valence-electron chi connectivity index (χ0n) is 32.6. The smallest absolute Gasteiger partial charge is 0.0443 e. The van der Waals surface area contributed by atoms with Gasteiger partial charge in [-0.2, -0.15) is 0 Å². The molecular formula is C56H44N2. The number of hydrogen-bond acceptors (Lipinski definition) is 2. The fourth-order valence-corrected chi connectivity index (χ4v) is 9.74. The van der Waals surface area contributed by atoms with E-state index in [0.717, 1.165) is 38.8 Å². The molecule has 0 aromatic heterocycles. The van der Waals surface area contributed by atoms with Gasteiger partial charge in [-0.25, -0.2) is 0 Å². The predicted molar refractivity (Wildman–Crippen MR) is 247 cm³/mol. The maximum atomic E-state index is 2.54. The van der Waals surface area contributed by atoms with Gasteiger partial charge in [-0.3, -0.25) is 0 Å². The summed E-state index contributed by atoms with van der Waals surface area (Å²) in [6, 6.07) is 72.5. The van der Waals surface area contributed by atoms with Crippen LogP contribution in [0.4, 0.5) is 22.7 Å². The molecule has 2 heteroatoms. The molecule has 2 nitrogen and oxygen atoms in total. The van der Waals surface area contributed by atoms with E-state index in [4.69, 9.17) is 0 Å². The topological polar surface area (TPSA) is 6.48 Å². The summed E-state index contributed by atoms with van der Waals surface area (Å²) in [5.74, 6) is 0. The number of anilines is 4. The number of fused-ring (bicyclic) bond motifs is 4. The number of benzene rings is 9. The van der Waals surface area contributed by atoms with Crippen LogP contribution in [0.15, 0.2) is 194 Å². The molecule has 0 N–H and O–H groups in total. The van der Waals surface area contributed by atoms with Crippen LogP contribution in [-0.4, -0.2) is 13.1 Å². The lowest BCUT2D eigenvalue weighted by Gasteiger charge is -2.32. The fourth-order valence-electron chi connectivity index (χ4n) is 9.74. The van der Waals surface area contributed by atoms with Gasteiger partial charge in [-0.1, -0.05) is 140 Å². The zero-order chi connectivity index (χ0) is 38.4. The second-order valence-electron chi connectivity index (χ2n) is 15.9. The molecule has 0 fully saturated rings. The zero-order valence-corrected chi connectivity index (χ0v) is 32.6. The highest BCUT2D eigenvalue weighted by Crippen LogP contribution is 2.48. The van der Waals surface area contributed by atoms with Crippen LogP contribution in [-0.2, 0) is 12.8 Å². The van der Waals surface area contributed by atoms with E-state index in [0.29, 0.717) is 0 Å². The summed E-state index contributed by atoms with van der Waals surface area (Å²) >= 11 is 0. The lowest BCUT2D eigenvalue weighted by atomic mass is 9.83. The standard InChI is InChI=1S/C56H44N2/c1-4-16-39(17-5-1)44-34-45(40-18-6-2-7-19-40)36-46(35-44)56-50-31-29-47(57-32-14-24-41-20-10-12-26-53(41)57)37-51(50)55(43-22-8-3-9-23-43)49-30-28-48(38-52(49)56)58-33-15-25-42-21-11-13-27-54(42)58/h1-13,16-23,26-31,34-38H,14-15,24-25,32-33H2. The Hall–Kier alpha value is -6.90. The second kappa shape index (κ2) is 14.6. The Morgan fingerprint density at radius 3 is 1.17 bits per heavy atom. The van der Waals surface area contributed by atoms with Crippen molar-refractivity contribution in [3.05, 3.63) is 205 Å². The first-order valence-corrected chi connectivity index (χ1v) is 20.8. The Morgan fingerprint density at radius 2 is 0.690 bits per heavy atom. The summed E-state index contributed by atoms with van der Waals surface area (Å²) in [5.41, 5.74) is 17.9. The van der Waals surface area contributed by atoms with Crippen LogP contribution in [0.25, 0.3) is 66.1 Å². The Labute approximate surface area is 341 Å². The molecule has 2 aliphatic heterocycles. The number of nitrogens with zero attached hydrogens (tertiary/aromatic N) is 2. The van der Waals surface area contributed by atoms with Gasteiger partial charge < -0.3 is 9.80 Å². The molecule has 11 rings (SSSR count). The lowest BCUT2D eigenvalue weighted by Crippen LogP contribution is -2.24. The molecule has 9 aromatic carbocycles. The van der Waals surface area contributed by atoms with E-state index in [-0.39, 0.29) is 0 Å². The molecule has 0 aliphatic carbocycles. The molecule has 0 unspecified atom stereocenters. The highest BCUT2D eigenvalue weighted by Gasteiger charge is 2.24. The summed E-state index contributed by atoms with van der Waals surface area (Å²) in [5, 5.41) is 5.08. The average molecular weight is 745 g/mol.